The largest absolute Gasteiger partial charge is 0.481 e. The van der Waals surface area contributed by atoms with E-state index in [0.29, 0.717) is 37.9 Å². The molecule has 2 rings (SSSR count). The molecule has 0 spiro atoms. The second-order valence-corrected chi connectivity index (χ2v) is 6.79. The van der Waals surface area contributed by atoms with Gasteiger partial charge in [0.15, 0.2) is 0 Å². The Morgan fingerprint density at radius 1 is 1.32 bits per heavy atom. The number of hydrogen-bond acceptors (Lipinski definition) is 3. The Bertz CT molecular complexity index is 400. The monoisotopic (exact) mass is 312 g/mol. The van der Waals surface area contributed by atoms with Gasteiger partial charge in [0, 0.05) is 32.2 Å². The molecular formula is C16H28N2O4. The summed E-state index contributed by atoms with van der Waals surface area (Å²) in [6.07, 6.45) is 3.72. The summed E-state index contributed by atoms with van der Waals surface area (Å²) in [5.41, 5.74) is 0. The van der Waals surface area contributed by atoms with Crippen LogP contribution >= 0.6 is 0 Å². The fraction of sp³-hybridized carbons (Fsp3) is 0.875. The van der Waals surface area contributed by atoms with E-state index >= 15 is 0 Å². The van der Waals surface area contributed by atoms with E-state index in [2.05, 4.69) is 19.2 Å². The Morgan fingerprint density at radius 2 is 2.09 bits per heavy atom. The second kappa shape index (κ2) is 7.81. The number of likely N-dealkylation sites (tertiary alicyclic amines) is 1. The maximum atomic E-state index is 12.3. The van der Waals surface area contributed by atoms with Crippen LogP contribution in [0.1, 0.15) is 39.5 Å². The van der Waals surface area contributed by atoms with Crippen LogP contribution in [0.4, 0.5) is 4.79 Å². The molecule has 2 aliphatic rings. The standard InChI is InChI=1S/C16H28N2O4/c1-11(2)14-12(6-4-8-22-14)9-17-16(21)18-7-3-5-13(10-18)15(19)20/h11-14H,3-10H2,1-2H3,(H,17,21)(H,19,20). The normalized spacial score (nSPS) is 29.4. The minimum atomic E-state index is -0.807. The molecule has 6 nitrogen and oxygen atoms in total. The summed E-state index contributed by atoms with van der Waals surface area (Å²) in [6.45, 7) is 6.66. The predicted octanol–water partition coefficient (Wildman–Crippen LogP) is 1.94. The molecule has 6 heteroatoms. The van der Waals surface area contributed by atoms with Crippen molar-refractivity contribution in [2.24, 2.45) is 17.8 Å². The molecule has 0 aromatic heterocycles. The highest BCUT2D eigenvalue weighted by atomic mass is 16.5. The molecule has 0 aromatic rings. The van der Waals surface area contributed by atoms with Gasteiger partial charge in [-0.2, -0.15) is 0 Å². The summed E-state index contributed by atoms with van der Waals surface area (Å²) in [6, 6.07) is -0.140. The third kappa shape index (κ3) is 4.35. The van der Waals surface area contributed by atoms with E-state index in [9.17, 15) is 9.59 Å². The number of carbonyl (C=O) groups excluding carboxylic acids is 1. The van der Waals surface area contributed by atoms with Gasteiger partial charge in [-0.3, -0.25) is 4.79 Å². The maximum Gasteiger partial charge on any atom is 0.317 e. The third-order valence-electron chi connectivity index (χ3n) is 4.72. The first kappa shape index (κ1) is 17.1. The van der Waals surface area contributed by atoms with Gasteiger partial charge in [0.1, 0.15) is 0 Å². The Morgan fingerprint density at radius 3 is 2.77 bits per heavy atom. The topological polar surface area (TPSA) is 78.9 Å². The molecule has 2 heterocycles. The highest BCUT2D eigenvalue weighted by molar-refractivity contribution is 5.76. The first-order valence-electron chi connectivity index (χ1n) is 8.36. The zero-order chi connectivity index (χ0) is 16.1. The number of rotatable bonds is 4. The average molecular weight is 312 g/mol. The number of carboxylic acid groups (broad SMARTS) is 1. The molecule has 3 unspecified atom stereocenters. The van der Waals surface area contributed by atoms with Crippen LogP contribution in [0.3, 0.4) is 0 Å². The van der Waals surface area contributed by atoms with Crippen molar-refractivity contribution in [2.75, 3.05) is 26.2 Å². The Labute approximate surface area is 132 Å². The molecule has 0 saturated carbocycles. The second-order valence-electron chi connectivity index (χ2n) is 6.79. The minimum Gasteiger partial charge on any atom is -0.481 e. The van der Waals surface area contributed by atoms with Gasteiger partial charge in [-0.1, -0.05) is 13.8 Å². The van der Waals surface area contributed by atoms with Gasteiger partial charge in [0.2, 0.25) is 0 Å². The summed E-state index contributed by atoms with van der Waals surface area (Å²) in [5.74, 6) is -0.453. The fourth-order valence-corrected chi connectivity index (χ4v) is 3.51. The lowest BCUT2D eigenvalue weighted by Gasteiger charge is -2.36. The number of carbonyl (C=O) groups is 2. The number of hydrogen-bond donors (Lipinski definition) is 2. The maximum absolute atomic E-state index is 12.3. The van der Waals surface area contributed by atoms with E-state index in [0.717, 1.165) is 25.9 Å². The summed E-state index contributed by atoms with van der Waals surface area (Å²) in [4.78, 5) is 25.0. The summed E-state index contributed by atoms with van der Waals surface area (Å²) in [7, 11) is 0. The molecule has 2 amide bonds. The molecule has 22 heavy (non-hydrogen) atoms. The van der Waals surface area contributed by atoms with Crippen LogP contribution in [0.2, 0.25) is 0 Å². The molecule has 2 saturated heterocycles. The van der Waals surface area contributed by atoms with Crippen molar-refractivity contribution < 1.29 is 19.4 Å². The van der Waals surface area contributed by atoms with Crippen molar-refractivity contribution >= 4 is 12.0 Å². The van der Waals surface area contributed by atoms with E-state index < -0.39 is 11.9 Å². The Balaban J connectivity index is 1.82. The molecule has 0 aromatic carbocycles. The summed E-state index contributed by atoms with van der Waals surface area (Å²) < 4.78 is 5.84. The number of nitrogens with zero attached hydrogens (tertiary/aromatic N) is 1. The van der Waals surface area contributed by atoms with Crippen molar-refractivity contribution in [3.05, 3.63) is 0 Å². The van der Waals surface area contributed by atoms with Crippen LogP contribution in [-0.4, -0.2) is 54.4 Å². The molecule has 3 atom stereocenters. The molecule has 2 aliphatic heterocycles. The fourth-order valence-electron chi connectivity index (χ4n) is 3.51. The number of piperidine rings is 1. The Kier molecular flexibility index (Phi) is 6.06. The lowest BCUT2D eigenvalue weighted by molar-refractivity contribution is -0.143. The molecular weight excluding hydrogens is 284 g/mol. The molecule has 2 N–H and O–H groups in total. The van der Waals surface area contributed by atoms with Gasteiger partial charge >= 0.3 is 12.0 Å². The van der Waals surface area contributed by atoms with E-state index in [4.69, 9.17) is 9.84 Å². The van der Waals surface area contributed by atoms with Crippen LogP contribution in [0.15, 0.2) is 0 Å². The van der Waals surface area contributed by atoms with E-state index in [-0.39, 0.29) is 12.1 Å². The van der Waals surface area contributed by atoms with Gasteiger partial charge in [-0.15, -0.1) is 0 Å². The van der Waals surface area contributed by atoms with Crippen molar-refractivity contribution in [2.45, 2.75) is 45.6 Å². The van der Waals surface area contributed by atoms with Gasteiger partial charge in [-0.25, -0.2) is 4.79 Å². The van der Waals surface area contributed by atoms with Gasteiger partial charge in [0.25, 0.3) is 0 Å². The number of urea groups is 1. The van der Waals surface area contributed by atoms with Gasteiger partial charge in [-0.05, 0) is 31.6 Å². The van der Waals surface area contributed by atoms with Crippen molar-refractivity contribution in [1.29, 1.82) is 0 Å². The van der Waals surface area contributed by atoms with Crippen LogP contribution < -0.4 is 5.32 Å². The number of carboxylic acids is 1. The Hall–Kier alpha value is -1.30. The van der Waals surface area contributed by atoms with E-state index in [1.165, 1.54) is 0 Å². The van der Waals surface area contributed by atoms with Crippen LogP contribution in [0, 0.1) is 17.8 Å². The van der Waals surface area contributed by atoms with Crippen LogP contribution in [0.25, 0.3) is 0 Å². The van der Waals surface area contributed by atoms with Crippen molar-refractivity contribution in [3.8, 4) is 0 Å². The lowest BCUT2D eigenvalue weighted by atomic mass is 9.87. The first-order chi connectivity index (χ1) is 10.5. The SMILES string of the molecule is CC(C)C1OCCCC1CNC(=O)N1CCCC(C(=O)O)C1. The van der Waals surface area contributed by atoms with Crippen molar-refractivity contribution in [3.63, 3.8) is 0 Å². The quantitative estimate of drug-likeness (QED) is 0.831. The third-order valence-corrected chi connectivity index (χ3v) is 4.72. The summed E-state index contributed by atoms with van der Waals surface area (Å²) in [5, 5.41) is 12.1. The van der Waals surface area contributed by atoms with Crippen molar-refractivity contribution in [1.82, 2.24) is 10.2 Å². The zero-order valence-electron chi connectivity index (χ0n) is 13.6. The van der Waals surface area contributed by atoms with Gasteiger partial charge in [0.05, 0.1) is 12.0 Å². The molecule has 126 valence electrons. The highest BCUT2D eigenvalue weighted by Gasteiger charge is 2.31. The predicted molar refractivity (Wildman–Crippen MR) is 82.6 cm³/mol. The summed E-state index contributed by atoms with van der Waals surface area (Å²) >= 11 is 0. The smallest absolute Gasteiger partial charge is 0.317 e. The molecule has 2 fully saturated rings. The number of ether oxygens (including phenoxy) is 1. The average Bonchev–Trinajstić information content (AvgIpc) is 2.52. The zero-order valence-corrected chi connectivity index (χ0v) is 13.6. The first-order valence-corrected chi connectivity index (χ1v) is 8.36. The van der Waals surface area contributed by atoms with E-state index in [1.807, 2.05) is 0 Å². The van der Waals surface area contributed by atoms with Gasteiger partial charge < -0.3 is 20.1 Å². The van der Waals surface area contributed by atoms with Crippen LogP contribution in [-0.2, 0) is 9.53 Å². The number of nitrogens with one attached hydrogen (secondary N) is 1. The highest BCUT2D eigenvalue weighted by Crippen LogP contribution is 2.26. The molecule has 0 aliphatic carbocycles. The minimum absolute atomic E-state index is 0.140. The molecule has 0 radical (unpaired) electrons. The number of amides is 2. The van der Waals surface area contributed by atoms with Crippen LogP contribution in [0.5, 0.6) is 0 Å². The lowest BCUT2D eigenvalue weighted by Crippen LogP contribution is -2.49. The van der Waals surface area contributed by atoms with E-state index in [1.54, 1.807) is 4.90 Å². The molecule has 0 bridgehead atoms. The number of aliphatic carboxylic acids is 1.